The fraction of sp³-hybridized carbons (Fsp3) is 0.0909. The third-order valence-electron chi connectivity index (χ3n) is 2.24. The highest BCUT2D eigenvalue weighted by Gasteiger charge is 2.14. The molecule has 0 radical (unpaired) electrons. The van der Waals surface area contributed by atoms with Crippen LogP contribution < -0.4 is 11.3 Å². The van der Waals surface area contributed by atoms with E-state index in [1.165, 1.54) is 17.8 Å². The largest absolute Gasteiger partial charge is 0.292 e. The van der Waals surface area contributed by atoms with Crippen molar-refractivity contribution in [2.75, 3.05) is 5.43 Å². The van der Waals surface area contributed by atoms with Crippen LogP contribution in [0, 0.1) is 17.0 Å². The van der Waals surface area contributed by atoms with E-state index in [9.17, 15) is 10.1 Å². The van der Waals surface area contributed by atoms with Crippen molar-refractivity contribution in [3.63, 3.8) is 0 Å². The molecular weight excluding hydrogens is 266 g/mol. The summed E-state index contributed by atoms with van der Waals surface area (Å²) in [6, 6.07) is 8.24. The molecule has 3 N–H and O–H groups in total. The molecule has 0 aliphatic rings. The van der Waals surface area contributed by atoms with Crippen LogP contribution in [0.1, 0.15) is 5.69 Å². The molecule has 0 fully saturated rings. The second-order valence-electron chi connectivity index (χ2n) is 3.64. The minimum Gasteiger partial charge on any atom is -0.292 e. The maximum atomic E-state index is 10.9. The molecular formula is C11H11N5O2S. The Bertz CT molecular complexity index is 620. The maximum absolute atomic E-state index is 10.9. The molecule has 0 bridgehead atoms. The zero-order chi connectivity index (χ0) is 13.8. The van der Waals surface area contributed by atoms with Crippen LogP contribution in [0.2, 0.25) is 0 Å². The summed E-state index contributed by atoms with van der Waals surface area (Å²) in [5.74, 6) is 5.55. The first-order chi connectivity index (χ1) is 9.10. The molecule has 2 rings (SSSR count). The second-order valence-corrected chi connectivity index (χ2v) is 4.70. The normalized spacial score (nSPS) is 10.2. The monoisotopic (exact) mass is 277 g/mol. The van der Waals surface area contributed by atoms with Crippen molar-refractivity contribution in [1.29, 1.82) is 0 Å². The molecule has 0 unspecified atom stereocenters. The van der Waals surface area contributed by atoms with Crippen LogP contribution in [0.25, 0.3) is 0 Å². The lowest BCUT2D eigenvalue weighted by atomic mass is 10.3. The van der Waals surface area contributed by atoms with Gasteiger partial charge in [0.2, 0.25) is 5.95 Å². The van der Waals surface area contributed by atoms with Crippen molar-refractivity contribution in [2.24, 2.45) is 5.84 Å². The number of aromatic nitrogens is 2. The molecule has 0 aliphatic carbocycles. The van der Waals surface area contributed by atoms with Gasteiger partial charge in [0.15, 0.2) is 0 Å². The first-order valence-corrected chi connectivity index (χ1v) is 6.15. The van der Waals surface area contributed by atoms with Crippen molar-refractivity contribution in [3.05, 3.63) is 46.1 Å². The number of para-hydroxylation sites is 1. The summed E-state index contributed by atoms with van der Waals surface area (Å²) < 4.78 is 0. The van der Waals surface area contributed by atoms with Crippen LogP contribution in [-0.4, -0.2) is 14.9 Å². The number of nitro groups is 1. The molecule has 7 nitrogen and oxygen atoms in total. The molecule has 0 saturated heterocycles. The number of hydrogen-bond acceptors (Lipinski definition) is 7. The minimum absolute atomic E-state index is 0.0472. The lowest BCUT2D eigenvalue weighted by molar-refractivity contribution is -0.387. The molecule has 0 aliphatic heterocycles. The van der Waals surface area contributed by atoms with Gasteiger partial charge in [-0.1, -0.05) is 23.9 Å². The van der Waals surface area contributed by atoms with E-state index in [4.69, 9.17) is 5.84 Å². The third kappa shape index (κ3) is 3.18. The van der Waals surface area contributed by atoms with Gasteiger partial charge in [-0.25, -0.2) is 15.8 Å². The van der Waals surface area contributed by atoms with Crippen LogP contribution >= 0.6 is 11.8 Å². The molecule has 98 valence electrons. The highest BCUT2D eigenvalue weighted by Crippen LogP contribution is 2.33. The number of nitrogens with zero attached hydrogens (tertiary/aromatic N) is 3. The fourth-order valence-electron chi connectivity index (χ4n) is 1.46. The molecule has 0 atom stereocenters. The Morgan fingerprint density at radius 2 is 2.11 bits per heavy atom. The standard InChI is InChI=1S/C11H11N5O2S/c1-7-6-10(14-11(13-7)15-12)19-9-5-3-2-4-8(9)16(17)18/h2-6H,12H2,1H3,(H,13,14,15). The molecule has 2 aromatic rings. The van der Waals surface area contributed by atoms with Crippen LogP contribution in [0.4, 0.5) is 11.6 Å². The van der Waals surface area contributed by atoms with Crippen molar-refractivity contribution in [3.8, 4) is 0 Å². The number of rotatable bonds is 4. The Morgan fingerprint density at radius 1 is 1.37 bits per heavy atom. The molecule has 1 aromatic heterocycles. The first kappa shape index (κ1) is 13.2. The molecule has 1 aromatic carbocycles. The van der Waals surface area contributed by atoms with Crippen LogP contribution in [0.5, 0.6) is 0 Å². The van der Waals surface area contributed by atoms with Gasteiger partial charge in [0.05, 0.1) is 9.82 Å². The number of nitrogens with one attached hydrogen (secondary N) is 1. The second kappa shape index (κ2) is 5.63. The van der Waals surface area contributed by atoms with E-state index < -0.39 is 4.92 Å². The van der Waals surface area contributed by atoms with E-state index in [1.54, 1.807) is 31.2 Å². The number of nitrogens with two attached hydrogens (primary N) is 1. The summed E-state index contributed by atoms with van der Waals surface area (Å²) in [6.07, 6.45) is 0. The zero-order valence-corrected chi connectivity index (χ0v) is 10.8. The van der Waals surface area contributed by atoms with Gasteiger partial charge in [-0.2, -0.15) is 0 Å². The van der Waals surface area contributed by atoms with Crippen molar-refractivity contribution in [1.82, 2.24) is 9.97 Å². The lowest BCUT2D eigenvalue weighted by Crippen LogP contribution is -2.11. The smallest absolute Gasteiger partial charge is 0.283 e. The Hall–Kier alpha value is -2.19. The number of nitro benzene ring substituents is 1. The summed E-state index contributed by atoms with van der Waals surface area (Å²) in [5.41, 5.74) is 3.14. The summed E-state index contributed by atoms with van der Waals surface area (Å²) in [6.45, 7) is 1.80. The van der Waals surface area contributed by atoms with Crippen molar-refractivity contribution in [2.45, 2.75) is 16.8 Å². The molecule has 0 amide bonds. The summed E-state index contributed by atoms with van der Waals surface area (Å²) in [7, 11) is 0. The Labute approximate surface area is 113 Å². The topological polar surface area (TPSA) is 107 Å². The predicted molar refractivity (Wildman–Crippen MR) is 71.8 cm³/mol. The van der Waals surface area contributed by atoms with Gasteiger partial charge in [0, 0.05) is 11.8 Å². The number of hydrogen-bond donors (Lipinski definition) is 2. The molecule has 0 spiro atoms. The number of nitrogen functional groups attached to an aromatic ring is 1. The number of anilines is 1. The van der Waals surface area contributed by atoms with E-state index in [0.717, 1.165) is 5.69 Å². The van der Waals surface area contributed by atoms with E-state index in [-0.39, 0.29) is 11.6 Å². The summed E-state index contributed by atoms with van der Waals surface area (Å²) in [4.78, 5) is 19.2. The maximum Gasteiger partial charge on any atom is 0.283 e. The van der Waals surface area contributed by atoms with E-state index in [0.29, 0.717) is 9.92 Å². The van der Waals surface area contributed by atoms with Gasteiger partial charge in [-0.15, -0.1) is 0 Å². The van der Waals surface area contributed by atoms with Crippen molar-refractivity contribution < 1.29 is 4.92 Å². The Kier molecular flexibility index (Phi) is 3.93. The lowest BCUT2D eigenvalue weighted by Gasteiger charge is -2.05. The van der Waals surface area contributed by atoms with E-state index >= 15 is 0 Å². The van der Waals surface area contributed by atoms with Crippen molar-refractivity contribution >= 4 is 23.4 Å². The first-order valence-electron chi connectivity index (χ1n) is 5.33. The molecule has 0 saturated carbocycles. The minimum atomic E-state index is -0.418. The van der Waals surface area contributed by atoms with E-state index in [2.05, 4.69) is 15.4 Å². The van der Waals surface area contributed by atoms with Gasteiger partial charge in [-0.3, -0.25) is 15.5 Å². The SMILES string of the molecule is Cc1cc(Sc2ccccc2[N+](=O)[O-])nc(NN)n1. The quantitative estimate of drug-likeness (QED) is 0.381. The van der Waals surface area contributed by atoms with Gasteiger partial charge in [0.25, 0.3) is 5.69 Å². The summed E-state index contributed by atoms with van der Waals surface area (Å²) >= 11 is 1.20. The average molecular weight is 277 g/mol. The zero-order valence-electron chi connectivity index (χ0n) is 10.0. The summed E-state index contributed by atoms with van der Waals surface area (Å²) in [5, 5.41) is 11.5. The number of aryl methyl sites for hydroxylation is 1. The average Bonchev–Trinajstić information content (AvgIpc) is 2.38. The molecule has 19 heavy (non-hydrogen) atoms. The van der Waals surface area contributed by atoms with Gasteiger partial charge >= 0.3 is 0 Å². The van der Waals surface area contributed by atoms with Crippen LogP contribution in [0.3, 0.4) is 0 Å². The Balaban J connectivity index is 2.36. The van der Waals surface area contributed by atoms with E-state index in [1.807, 2.05) is 0 Å². The number of benzene rings is 1. The molecule has 1 heterocycles. The Morgan fingerprint density at radius 3 is 2.79 bits per heavy atom. The van der Waals surface area contributed by atoms with Gasteiger partial charge in [-0.05, 0) is 19.1 Å². The highest BCUT2D eigenvalue weighted by molar-refractivity contribution is 7.99. The van der Waals surface area contributed by atoms with Gasteiger partial charge in [0.1, 0.15) is 5.03 Å². The highest BCUT2D eigenvalue weighted by atomic mass is 32.2. The third-order valence-corrected chi connectivity index (χ3v) is 3.22. The van der Waals surface area contributed by atoms with Crippen LogP contribution in [-0.2, 0) is 0 Å². The van der Waals surface area contributed by atoms with Gasteiger partial charge < -0.3 is 0 Å². The van der Waals surface area contributed by atoms with Crippen LogP contribution in [0.15, 0.2) is 40.3 Å². The predicted octanol–water partition coefficient (Wildman–Crippen LogP) is 2.13. The fourth-order valence-corrected chi connectivity index (χ4v) is 2.44. The number of hydrazine groups is 1. The molecule has 8 heteroatoms.